The Morgan fingerprint density at radius 3 is 2.44 bits per heavy atom. The number of aryl methyl sites for hydroxylation is 1. The van der Waals surface area contributed by atoms with Crippen LogP contribution in [0.3, 0.4) is 0 Å². The van der Waals surface area contributed by atoms with Crippen LogP contribution in [0.25, 0.3) is 28.2 Å². The number of rotatable bonds is 8. The van der Waals surface area contributed by atoms with Crippen LogP contribution in [-0.4, -0.2) is 38.2 Å². The number of aromatic nitrogens is 4. The molecule has 2 N–H and O–H groups in total. The zero-order valence-corrected chi connectivity index (χ0v) is 19.0. The number of carbonyl (C=O) groups excluding carboxylic acids is 1. The fourth-order valence-corrected chi connectivity index (χ4v) is 3.61. The Bertz CT molecular complexity index is 1430. The van der Waals surface area contributed by atoms with Gasteiger partial charge in [0, 0.05) is 12.6 Å². The molecular weight excluding hydrogens is 441 g/mol. The zero-order valence-electron chi connectivity index (χ0n) is 19.0. The van der Waals surface area contributed by atoms with E-state index in [4.69, 9.17) is 15.2 Å². The SMILES string of the molecule is CCCOc1ccc(-c2nc(C(N)=O)c3c(n2)n(-c2ccc(F)cc2)c(=O)n3C)cc1OCC. The molecular formula is C24H24FN5O4. The van der Waals surface area contributed by atoms with Crippen molar-refractivity contribution in [2.45, 2.75) is 20.3 Å². The van der Waals surface area contributed by atoms with Gasteiger partial charge < -0.3 is 15.2 Å². The number of nitrogens with two attached hydrogens (primary N) is 1. The van der Waals surface area contributed by atoms with Crippen LogP contribution in [0.2, 0.25) is 0 Å². The number of nitrogens with zero attached hydrogens (tertiary/aromatic N) is 4. The molecule has 34 heavy (non-hydrogen) atoms. The Balaban J connectivity index is 1.97. The number of carbonyl (C=O) groups is 1. The summed E-state index contributed by atoms with van der Waals surface area (Å²) in [5, 5.41) is 0. The molecule has 0 aliphatic carbocycles. The molecule has 0 bridgehead atoms. The van der Waals surface area contributed by atoms with E-state index in [9.17, 15) is 14.0 Å². The Morgan fingerprint density at radius 1 is 1.06 bits per heavy atom. The molecule has 0 fully saturated rings. The van der Waals surface area contributed by atoms with Crippen molar-refractivity contribution in [3.63, 3.8) is 0 Å². The Labute approximate surface area is 194 Å². The van der Waals surface area contributed by atoms with E-state index in [0.29, 0.717) is 36.0 Å². The molecule has 1 amide bonds. The van der Waals surface area contributed by atoms with Crippen LogP contribution in [0, 0.1) is 5.82 Å². The van der Waals surface area contributed by atoms with Gasteiger partial charge in [0.25, 0.3) is 5.91 Å². The van der Waals surface area contributed by atoms with E-state index >= 15 is 0 Å². The fourth-order valence-electron chi connectivity index (χ4n) is 3.61. The lowest BCUT2D eigenvalue weighted by Crippen LogP contribution is -2.21. The van der Waals surface area contributed by atoms with Crippen molar-refractivity contribution >= 4 is 17.1 Å². The summed E-state index contributed by atoms with van der Waals surface area (Å²) in [6, 6.07) is 10.6. The highest BCUT2D eigenvalue weighted by Gasteiger charge is 2.23. The van der Waals surface area contributed by atoms with Crippen molar-refractivity contribution in [1.29, 1.82) is 0 Å². The molecule has 0 saturated carbocycles. The summed E-state index contributed by atoms with van der Waals surface area (Å²) in [4.78, 5) is 34.3. The number of amides is 1. The van der Waals surface area contributed by atoms with Crippen LogP contribution in [0.1, 0.15) is 30.8 Å². The summed E-state index contributed by atoms with van der Waals surface area (Å²) in [7, 11) is 1.49. The summed E-state index contributed by atoms with van der Waals surface area (Å²) in [5.74, 6) is -0.00783. The minimum atomic E-state index is -0.812. The quantitative estimate of drug-likeness (QED) is 0.427. The van der Waals surface area contributed by atoms with E-state index in [1.165, 1.54) is 40.4 Å². The van der Waals surface area contributed by atoms with Crippen LogP contribution in [0.15, 0.2) is 47.3 Å². The molecule has 0 atom stereocenters. The first-order valence-corrected chi connectivity index (χ1v) is 10.8. The Morgan fingerprint density at radius 2 is 1.79 bits per heavy atom. The molecule has 9 nitrogen and oxygen atoms in total. The number of fused-ring (bicyclic) bond motifs is 1. The fraction of sp³-hybridized carbons (Fsp3) is 0.250. The van der Waals surface area contributed by atoms with Crippen molar-refractivity contribution < 1.29 is 18.7 Å². The molecule has 0 aliphatic rings. The number of halogens is 1. The third kappa shape index (κ3) is 4.09. The first-order valence-electron chi connectivity index (χ1n) is 10.8. The van der Waals surface area contributed by atoms with Gasteiger partial charge in [0.15, 0.2) is 28.7 Å². The predicted molar refractivity (Wildman–Crippen MR) is 125 cm³/mol. The van der Waals surface area contributed by atoms with Crippen LogP contribution < -0.4 is 20.9 Å². The zero-order chi connectivity index (χ0) is 24.4. The molecule has 0 aliphatic heterocycles. The summed E-state index contributed by atoms with van der Waals surface area (Å²) in [5.41, 5.74) is 6.31. The molecule has 10 heteroatoms. The number of benzene rings is 2. The molecule has 0 radical (unpaired) electrons. The third-order valence-electron chi connectivity index (χ3n) is 5.17. The third-order valence-corrected chi connectivity index (χ3v) is 5.17. The van der Waals surface area contributed by atoms with Crippen molar-refractivity contribution in [2.24, 2.45) is 12.8 Å². The van der Waals surface area contributed by atoms with Crippen LogP contribution in [0.5, 0.6) is 11.5 Å². The molecule has 0 spiro atoms. The van der Waals surface area contributed by atoms with Crippen molar-refractivity contribution in [1.82, 2.24) is 19.1 Å². The van der Waals surface area contributed by atoms with Crippen molar-refractivity contribution in [3.05, 3.63) is 64.5 Å². The topological polar surface area (TPSA) is 114 Å². The second-order valence-corrected chi connectivity index (χ2v) is 7.53. The highest BCUT2D eigenvalue weighted by atomic mass is 19.1. The monoisotopic (exact) mass is 465 g/mol. The first-order chi connectivity index (χ1) is 16.3. The highest BCUT2D eigenvalue weighted by molar-refractivity contribution is 6.02. The average Bonchev–Trinajstić information content (AvgIpc) is 3.08. The van der Waals surface area contributed by atoms with Gasteiger partial charge in [0.2, 0.25) is 0 Å². The minimum Gasteiger partial charge on any atom is -0.490 e. The van der Waals surface area contributed by atoms with Crippen molar-refractivity contribution in [3.8, 4) is 28.6 Å². The number of imidazole rings is 1. The number of ether oxygens (including phenoxy) is 2. The van der Waals surface area contributed by atoms with E-state index in [0.717, 1.165) is 6.42 Å². The normalized spacial score (nSPS) is 11.1. The molecule has 0 saturated heterocycles. The van der Waals surface area contributed by atoms with E-state index in [1.54, 1.807) is 18.2 Å². The minimum absolute atomic E-state index is 0.107. The maximum Gasteiger partial charge on any atom is 0.334 e. The summed E-state index contributed by atoms with van der Waals surface area (Å²) in [6.45, 7) is 4.81. The van der Waals surface area contributed by atoms with Gasteiger partial charge in [0.1, 0.15) is 11.3 Å². The van der Waals surface area contributed by atoms with Crippen LogP contribution in [-0.2, 0) is 7.05 Å². The van der Waals surface area contributed by atoms with Crippen molar-refractivity contribution in [2.75, 3.05) is 13.2 Å². The van der Waals surface area contributed by atoms with E-state index < -0.39 is 17.4 Å². The van der Waals surface area contributed by atoms with Gasteiger partial charge in [-0.05, 0) is 55.8 Å². The number of hydrogen-bond acceptors (Lipinski definition) is 6. The molecule has 2 aromatic heterocycles. The van der Waals surface area contributed by atoms with E-state index in [-0.39, 0.29) is 22.7 Å². The van der Waals surface area contributed by atoms with Gasteiger partial charge in [-0.2, -0.15) is 0 Å². The Hall–Kier alpha value is -4.21. The smallest absolute Gasteiger partial charge is 0.334 e. The van der Waals surface area contributed by atoms with Gasteiger partial charge in [-0.15, -0.1) is 0 Å². The maximum atomic E-state index is 13.5. The standard InChI is InChI=1S/C24H24FN5O4/c1-4-12-34-17-11-6-14(13-18(17)33-5-2)22-27-19(21(26)31)20-23(28-22)30(24(32)29(20)3)16-9-7-15(25)8-10-16/h6-11,13H,4-5,12H2,1-3H3,(H2,26,31). The maximum absolute atomic E-state index is 13.5. The van der Waals surface area contributed by atoms with E-state index in [1.807, 2.05) is 13.8 Å². The largest absolute Gasteiger partial charge is 0.490 e. The molecule has 2 aromatic carbocycles. The van der Waals surface area contributed by atoms with Crippen LogP contribution >= 0.6 is 0 Å². The predicted octanol–water partition coefficient (Wildman–Crippen LogP) is 3.21. The summed E-state index contributed by atoms with van der Waals surface area (Å²) >= 11 is 0. The summed E-state index contributed by atoms with van der Waals surface area (Å²) < 4.78 is 27.5. The van der Waals surface area contributed by atoms with Gasteiger partial charge in [-0.3, -0.25) is 9.36 Å². The van der Waals surface area contributed by atoms with Gasteiger partial charge >= 0.3 is 5.69 Å². The number of hydrogen-bond donors (Lipinski definition) is 1. The lowest BCUT2D eigenvalue weighted by molar-refractivity contribution is 0.0997. The van der Waals surface area contributed by atoms with Gasteiger partial charge in [0.05, 0.1) is 18.9 Å². The molecule has 176 valence electrons. The first kappa shape index (κ1) is 23.0. The molecule has 0 unspecified atom stereocenters. The molecule has 4 aromatic rings. The molecule has 2 heterocycles. The molecule has 4 rings (SSSR count). The van der Waals surface area contributed by atoms with E-state index in [2.05, 4.69) is 9.97 Å². The lowest BCUT2D eigenvalue weighted by atomic mass is 10.1. The van der Waals surface area contributed by atoms with Crippen LogP contribution in [0.4, 0.5) is 4.39 Å². The summed E-state index contributed by atoms with van der Waals surface area (Å²) in [6.07, 6.45) is 0.837. The second kappa shape index (κ2) is 9.34. The average molecular weight is 465 g/mol. The number of primary amides is 1. The lowest BCUT2D eigenvalue weighted by Gasteiger charge is -2.13. The van der Waals surface area contributed by atoms with Gasteiger partial charge in [-0.1, -0.05) is 6.92 Å². The van der Waals surface area contributed by atoms with Gasteiger partial charge in [-0.25, -0.2) is 23.7 Å². The Kier molecular flexibility index (Phi) is 6.31. The highest BCUT2D eigenvalue weighted by Crippen LogP contribution is 2.33. The second-order valence-electron chi connectivity index (χ2n) is 7.53.